The summed E-state index contributed by atoms with van der Waals surface area (Å²) in [5.41, 5.74) is -0.393. The molecule has 1 aromatic heterocycles. The minimum atomic E-state index is -4.42. The van der Waals surface area contributed by atoms with Crippen LogP contribution in [0.25, 0.3) is 0 Å². The molecule has 0 radical (unpaired) electrons. The second kappa shape index (κ2) is 5.10. The van der Waals surface area contributed by atoms with E-state index >= 15 is 0 Å². The van der Waals surface area contributed by atoms with E-state index in [-0.39, 0.29) is 11.6 Å². The highest BCUT2D eigenvalue weighted by Crippen LogP contribution is 2.29. The molecule has 0 aliphatic heterocycles. The maximum atomic E-state index is 12.6. The number of benzene rings is 1. The fourth-order valence-electron chi connectivity index (χ4n) is 1.61. The normalized spacial score (nSPS) is 12.6. The maximum absolute atomic E-state index is 12.6. The molecule has 0 saturated heterocycles. The first kappa shape index (κ1) is 14.9. The van der Waals surface area contributed by atoms with Crippen molar-refractivity contribution in [3.8, 4) is 0 Å². The summed E-state index contributed by atoms with van der Waals surface area (Å²) in [6.07, 6.45) is -2.08. The van der Waals surface area contributed by atoms with Crippen molar-refractivity contribution in [3.63, 3.8) is 0 Å². The minimum absolute atomic E-state index is 0.0589. The zero-order valence-corrected chi connectivity index (χ0v) is 11.4. The van der Waals surface area contributed by atoms with Gasteiger partial charge in [-0.2, -0.15) is 13.2 Å². The summed E-state index contributed by atoms with van der Waals surface area (Å²) in [4.78, 5) is 3.58. The van der Waals surface area contributed by atoms with Crippen LogP contribution in [0, 0.1) is 0 Å². The van der Waals surface area contributed by atoms with Gasteiger partial charge in [0.2, 0.25) is 0 Å². The Morgan fingerprint density at radius 3 is 2.55 bits per heavy atom. The van der Waals surface area contributed by atoms with Crippen molar-refractivity contribution in [1.29, 1.82) is 0 Å². The van der Waals surface area contributed by atoms with Gasteiger partial charge in [-0.15, -0.1) is 0 Å². The molecule has 108 valence electrons. The van der Waals surface area contributed by atoms with Crippen molar-refractivity contribution < 1.29 is 21.6 Å². The third kappa shape index (κ3) is 3.51. The molecule has 0 unspecified atom stereocenters. The molecular formula is C11H8ClF3N2O2S. The van der Waals surface area contributed by atoms with Gasteiger partial charge in [-0.3, -0.25) is 0 Å². The Labute approximate surface area is 117 Å². The van der Waals surface area contributed by atoms with Crippen molar-refractivity contribution in [2.45, 2.75) is 17.7 Å². The standard InChI is InChI=1S/C11H8ClF3N2O2S/c12-20(18,19)10-6-17(7-16-10)5-8-2-1-3-9(4-8)11(13,14)15/h1-4,6-7H,5H2. The Kier molecular flexibility index (Phi) is 3.79. The summed E-state index contributed by atoms with van der Waals surface area (Å²) in [5.74, 6) is 0. The predicted molar refractivity (Wildman–Crippen MR) is 65.8 cm³/mol. The lowest BCUT2D eigenvalue weighted by Gasteiger charge is -2.08. The average Bonchev–Trinajstić information content (AvgIpc) is 2.76. The summed E-state index contributed by atoms with van der Waals surface area (Å²) in [6, 6.07) is 4.75. The van der Waals surface area contributed by atoms with E-state index in [1.54, 1.807) is 0 Å². The number of halogens is 4. The number of hydrogen-bond donors (Lipinski definition) is 0. The molecule has 2 rings (SSSR count). The Hall–Kier alpha value is -1.54. The van der Waals surface area contributed by atoms with Crippen LogP contribution in [0.15, 0.2) is 41.8 Å². The molecule has 0 N–H and O–H groups in total. The first-order chi connectivity index (χ1) is 9.16. The van der Waals surface area contributed by atoms with Gasteiger partial charge in [-0.25, -0.2) is 13.4 Å². The number of alkyl halides is 3. The third-order valence-electron chi connectivity index (χ3n) is 2.48. The Morgan fingerprint density at radius 1 is 1.30 bits per heavy atom. The number of imidazole rings is 1. The van der Waals surface area contributed by atoms with Crippen LogP contribution in [0.5, 0.6) is 0 Å². The molecule has 0 aliphatic carbocycles. The lowest BCUT2D eigenvalue weighted by molar-refractivity contribution is -0.137. The van der Waals surface area contributed by atoms with E-state index < -0.39 is 20.8 Å². The Balaban J connectivity index is 2.25. The summed E-state index contributed by atoms with van der Waals surface area (Å²) in [6.45, 7) is 0.0589. The maximum Gasteiger partial charge on any atom is 0.416 e. The molecule has 4 nitrogen and oxygen atoms in total. The molecule has 0 amide bonds. The number of aromatic nitrogens is 2. The zero-order chi connectivity index (χ0) is 15.0. The topological polar surface area (TPSA) is 52.0 Å². The summed E-state index contributed by atoms with van der Waals surface area (Å²) < 4.78 is 61.0. The van der Waals surface area contributed by atoms with Crippen LogP contribution >= 0.6 is 10.7 Å². The van der Waals surface area contributed by atoms with E-state index in [9.17, 15) is 21.6 Å². The Bertz CT molecular complexity index is 725. The minimum Gasteiger partial charge on any atom is -0.332 e. The van der Waals surface area contributed by atoms with Crippen molar-refractivity contribution >= 4 is 19.7 Å². The molecule has 20 heavy (non-hydrogen) atoms. The molecule has 0 aliphatic rings. The zero-order valence-electron chi connectivity index (χ0n) is 9.80. The van der Waals surface area contributed by atoms with Gasteiger partial charge < -0.3 is 4.57 Å². The quantitative estimate of drug-likeness (QED) is 0.816. The third-order valence-corrected chi connectivity index (χ3v) is 3.66. The highest BCUT2D eigenvalue weighted by atomic mass is 35.7. The van der Waals surface area contributed by atoms with E-state index in [4.69, 9.17) is 10.7 Å². The molecule has 1 aromatic carbocycles. The first-order valence-electron chi connectivity index (χ1n) is 5.29. The monoisotopic (exact) mass is 324 g/mol. The molecule has 0 bridgehead atoms. The van der Waals surface area contributed by atoms with Crippen LogP contribution in [-0.2, 0) is 21.8 Å². The van der Waals surface area contributed by atoms with E-state index in [0.717, 1.165) is 18.3 Å². The molecule has 0 fully saturated rings. The Morgan fingerprint density at radius 2 is 2.00 bits per heavy atom. The number of rotatable bonds is 3. The molecule has 0 spiro atoms. The van der Waals surface area contributed by atoms with Crippen LogP contribution in [0.4, 0.5) is 13.2 Å². The second-order valence-corrected chi connectivity index (χ2v) is 6.53. The highest BCUT2D eigenvalue weighted by Gasteiger charge is 2.30. The van der Waals surface area contributed by atoms with Gasteiger partial charge in [0.25, 0.3) is 9.05 Å². The SMILES string of the molecule is O=S(=O)(Cl)c1cn(Cc2cccc(C(F)(F)F)c2)cn1. The van der Waals surface area contributed by atoms with Gasteiger partial charge >= 0.3 is 6.18 Å². The summed E-state index contributed by atoms with van der Waals surface area (Å²) in [7, 11) is 1.16. The fourth-order valence-corrected chi connectivity index (χ4v) is 2.28. The molecule has 0 atom stereocenters. The van der Waals surface area contributed by atoms with E-state index in [1.807, 2.05) is 0 Å². The van der Waals surface area contributed by atoms with Crippen LogP contribution in [0.2, 0.25) is 0 Å². The lowest BCUT2D eigenvalue weighted by atomic mass is 10.1. The van der Waals surface area contributed by atoms with E-state index in [2.05, 4.69) is 4.98 Å². The summed E-state index contributed by atoms with van der Waals surface area (Å²) >= 11 is 0. The van der Waals surface area contributed by atoms with Gasteiger partial charge in [0, 0.05) is 23.4 Å². The number of nitrogens with zero attached hydrogens (tertiary/aromatic N) is 2. The highest BCUT2D eigenvalue weighted by molar-refractivity contribution is 8.13. The van der Waals surface area contributed by atoms with Gasteiger partial charge in [-0.05, 0) is 17.7 Å². The van der Waals surface area contributed by atoms with E-state index in [1.165, 1.54) is 23.0 Å². The second-order valence-electron chi connectivity index (χ2n) is 4.02. The number of hydrogen-bond acceptors (Lipinski definition) is 3. The molecule has 9 heteroatoms. The molecule has 1 heterocycles. The van der Waals surface area contributed by atoms with Gasteiger partial charge in [0.1, 0.15) is 0 Å². The fraction of sp³-hybridized carbons (Fsp3) is 0.182. The average molecular weight is 325 g/mol. The van der Waals surface area contributed by atoms with Crippen LogP contribution in [0.1, 0.15) is 11.1 Å². The molecule has 0 saturated carbocycles. The van der Waals surface area contributed by atoms with Gasteiger partial charge in [0.05, 0.1) is 11.9 Å². The molecule has 2 aromatic rings. The van der Waals surface area contributed by atoms with Crippen molar-refractivity contribution in [3.05, 3.63) is 47.9 Å². The van der Waals surface area contributed by atoms with Crippen molar-refractivity contribution in [1.82, 2.24) is 9.55 Å². The van der Waals surface area contributed by atoms with Crippen molar-refractivity contribution in [2.24, 2.45) is 0 Å². The first-order valence-corrected chi connectivity index (χ1v) is 7.60. The summed E-state index contributed by atoms with van der Waals surface area (Å²) in [5, 5.41) is -0.342. The van der Waals surface area contributed by atoms with Crippen LogP contribution in [-0.4, -0.2) is 18.0 Å². The van der Waals surface area contributed by atoms with E-state index in [0.29, 0.717) is 5.56 Å². The van der Waals surface area contributed by atoms with Gasteiger partial charge in [-0.1, -0.05) is 12.1 Å². The largest absolute Gasteiger partial charge is 0.416 e. The predicted octanol–water partition coefficient (Wildman–Crippen LogP) is 2.88. The molecular weight excluding hydrogens is 317 g/mol. The lowest BCUT2D eigenvalue weighted by Crippen LogP contribution is -2.06. The van der Waals surface area contributed by atoms with Crippen LogP contribution < -0.4 is 0 Å². The van der Waals surface area contributed by atoms with Crippen molar-refractivity contribution in [2.75, 3.05) is 0 Å². The van der Waals surface area contributed by atoms with Crippen LogP contribution in [0.3, 0.4) is 0 Å². The smallest absolute Gasteiger partial charge is 0.332 e. The van der Waals surface area contributed by atoms with Gasteiger partial charge in [0.15, 0.2) is 5.03 Å².